The number of benzene rings is 1. The third kappa shape index (κ3) is 7.46. The molecule has 0 heterocycles. The van der Waals surface area contributed by atoms with Crippen molar-refractivity contribution in [3.05, 3.63) is 24.3 Å². The minimum absolute atomic E-state index is 0.257. The Morgan fingerprint density at radius 3 is 1.48 bits per heavy atom. The third-order valence-electron chi connectivity index (χ3n) is 2.89. The summed E-state index contributed by atoms with van der Waals surface area (Å²) >= 11 is 0. The number of rotatable bonds is 7. The molecule has 23 heavy (non-hydrogen) atoms. The Labute approximate surface area is 145 Å². The number of phenolic OH excluding ortho intramolecular Hbond substituents is 1. The van der Waals surface area contributed by atoms with Gasteiger partial charge in [0.05, 0.1) is 0 Å². The molecule has 1 rings (SSSR count). The molecule has 0 radical (unpaired) electrons. The van der Waals surface area contributed by atoms with Gasteiger partial charge in [0.15, 0.2) is 16.6 Å². The van der Waals surface area contributed by atoms with Gasteiger partial charge < -0.3 is 17.5 Å². The van der Waals surface area contributed by atoms with Crippen molar-refractivity contribution in [3.8, 4) is 5.75 Å². The molecule has 1 atom stereocenters. The number of aromatic hydroxyl groups is 1. The molecule has 0 aliphatic rings. The zero-order valence-corrected chi connectivity index (χ0v) is 20.0. The van der Waals surface area contributed by atoms with Crippen LogP contribution in [0.3, 0.4) is 0 Å². The lowest BCUT2D eigenvalue weighted by atomic mass is 10.3. The van der Waals surface area contributed by atoms with Crippen molar-refractivity contribution in [3.63, 3.8) is 0 Å². The fraction of sp³-hybridized carbons (Fsp3) is 0.600. The van der Waals surface area contributed by atoms with Crippen LogP contribution in [0.1, 0.15) is 0 Å². The second kappa shape index (κ2) is 6.94. The summed E-state index contributed by atoms with van der Waals surface area (Å²) in [5, 5.41) is 10.6. The molecule has 1 aromatic carbocycles. The summed E-state index contributed by atoms with van der Waals surface area (Å²) in [4.78, 5) is 0. The highest BCUT2D eigenvalue weighted by Crippen LogP contribution is 2.24. The Morgan fingerprint density at radius 1 is 0.652 bits per heavy atom. The lowest BCUT2D eigenvalue weighted by Crippen LogP contribution is -2.62. The number of hydrogen-bond donors (Lipinski definition) is 1. The summed E-state index contributed by atoms with van der Waals surface area (Å²) in [5.41, 5.74) is 0. The van der Waals surface area contributed by atoms with Crippen LogP contribution in [0.15, 0.2) is 24.3 Å². The van der Waals surface area contributed by atoms with Crippen LogP contribution in [0, 0.1) is 0 Å². The minimum atomic E-state index is -2.61. The smallest absolute Gasteiger partial charge is 0.350 e. The first-order valence-corrected chi connectivity index (χ1v) is 20.0. The molecule has 0 amide bonds. The molecule has 132 valence electrons. The average molecular weight is 389 g/mol. The first-order valence-electron chi connectivity index (χ1n) is 8.02. The normalized spacial score (nSPS) is 16.2. The fourth-order valence-electron chi connectivity index (χ4n) is 2.71. The molecule has 1 aromatic rings. The molecule has 1 unspecified atom stereocenters. The molecule has 0 aliphatic carbocycles. The van der Waals surface area contributed by atoms with Crippen molar-refractivity contribution in [1.82, 2.24) is 0 Å². The van der Waals surface area contributed by atoms with E-state index in [4.69, 9.17) is 12.3 Å². The Balaban J connectivity index is 3.17. The van der Waals surface area contributed by atoms with Crippen LogP contribution in [0.2, 0.25) is 58.9 Å². The van der Waals surface area contributed by atoms with E-state index < -0.39 is 33.8 Å². The maximum absolute atomic E-state index is 9.57. The van der Waals surface area contributed by atoms with E-state index in [0.29, 0.717) is 0 Å². The van der Waals surface area contributed by atoms with Crippen molar-refractivity contribution in [2.45, 2.75) is 58.9 Å². The predicted molar refractivity (Wildman–Crippen MR) is 107 cm³/mol. The monoisotopic (exact) mass is 388 g/mol. The van der Waals surface area contributed by atoms with E-state index >= 15 is 0 Å². The summed E-state index contributed by atoms with van der Waals surface area (Å²) in [7, 11) is -8.40. The van der Waals surface area contributed by atoms with E-state index in [-0.39, 0.29) is 5.75 Å². The van der Waals surface area contributed by atoms with Gasteiger partial charge in [-0.3, -0.25) is 0 Å². The van der Waals surface area contributed by atoms with Gasteiger partial charge in [-0.15, -0.1) is 0 Å². The molecule has 0 saturated heterocycles. The summed E-state index contributed by atoms with van der Waals surface area (Å²) in [6.45, 7) is 19.4. The molecule has 8 heteroatoms. The summed E-state index contributed by atoms with van der Waals surface area (Å²) in [6, 6.07) is 7.23. The highest BCUT2D eigenvalue weighted by molar-refractivity contribution is 6.94. The number of phenols is 1. The first-order chi connectivity index (χ1) is 10.1. The second-order valence-electron chi connectivity index (χ2n) is 8.42. The summed E-state index contributed by atoms with van der Waals surface area (Å²) in [6.07, 6.45) is 0. The fourth-order valence-corrected chi connectivity index (χ4v) is 19.8. The molecule has 4 nitrogen and oxygen atoms in total. The predicted octanol–water partition coefficient (Wildman–Crippen LogP) is 4.09. The molecule has 1 N–H and O–H groups in total. The van der Waals surface area contributed by atoms with Crippen molar-refractivity contribution in [2.24, 2.45) is 0 Å². The topological polar surface area (TPSA) is 47.9 Å². The van der Waals surface area contributed by atoms with Crippen molar-refractivity contribution in [2.75, 3.05) is 0 Å². The Bertz CT molecular complexity index is 520. The van der Waals surface area contributed by atoms with Crippen LogP contribution in [-0.2, 0) is 12.3 Å². The van der Waals surface area contributed by atoms with Gasteiger partial charge in [-0.05, 0) is 76.2 Å². The van der Waals surface area contributed by atoms with E-state index in [1.165, 1.54) is 0 Å². The van der Waals surface area contributed by atoms with Crippen LogP contribution in [0.4, 0.5) is 0 Å². The zero-order chi connectivity index (χ0) is 18.1. The van der Waals surface area contributed by atoms with Gasteiger partial charge in [0.25, 0.3) is 0 Å². The molecule has 0 fully saturated rings. The van der Waals surface area contributed by atoms with Crippen LogP contribution in [0.5, 0.6) is 5.75 Å². The molecule has 0 spiro atoms. The molecule has 0 aromatic heterocycles. The highest BCUT2D eigenvalue weighted by atomic mass is 28.5. The second-order valence-corrected chi connectivity index (χ2v) is 24.6. The molecular formula is C15H32O4Si4. The summed E-state index contributed by atoms with van der Waals surface area (Å²) in [5.74, 6) is 0.257. The SMILES string of the molecule is C[Si](C)(C)O[Si](C)(C)O[Si](C)(O[Si](C)(C)C)c1ccc(O)cc1. The maximum Gasteiger partial charge on any atom is 0.350 e. The summed E-state index contributed by atoms with van der Waals surface area (Å²) < 4.78 is 19.5. The van der Waals surface area contributed by atoms with Crippen molar-refractivity contribution >= 4 is 38.9 Å². The lowest BCUT2D eigenvalue weighted by molar-refractivity contribution is 0.337. The van der Waals surface area contributed by atoms with Gasteiger partial charge in [-0.2, -0.15) is 0 Å². The Hall–Kier alpha value is -0.232. The molecule has 0 saturated carbocycles. The molecule has 0 aliphatic heterocycles. The quantitative estimate of drug-likeness (QED) is 0.715. The highest BCUT2D eigenvalue weighted by Gasteiger charge is 2.45. The first kappa shape index (κ1) is 20.8. The average Bonchev–Trinajstić information content (AvgIpc) is 2.21. The van der Waals surface area contributed by atoms with Gasteiger partial charge in [0.2, 0.25) is 0 Å². The standard InChI is InChI=1S/C15H32O4Si4/c1-20(2,3)17-22(7,8)19-23(9,18-21(4,5)6)15-12-10-14(16)11-13-15/h10-13,16H,1-9H3. The van der Waals surface area contributed by atoms with E-state index in [2.05, 4.69) is 58.9 Å². The van der Waals surface area contributed by atoms with E-state index in [0.717, 1.165) is 5.19 Å². The van der Waals surface area contributed by atoms with Gasteiger partial charge in [0, 0.05) is 0 Å². The minimum Gasteiger partial charge on any atom is -0.508 e. The number of hydrogen-bond acceptors (Lipinski definition) is 4. The van der Waals surface area contributed by atoms with Crippen molar-refractivity contribution in [1.29, 1.82) is 0 Å². The van der Waals surface area contributed by atoms with Crippen LogP contribution >= 0.6 is 0 Å². The molecule has 0 bridgehead atoms. The zero-order valence-electron chi connectivity index (χ0n) is 16.0. The van der Waals surface area contributed by atoms with E-state index in [1.54, 1.807) is 12.1 Å². The Morgan fingerprint density at radius 2 is 1.09 bits per heavy atom. The van der Waals surface area contributed by atoms with E-state index in [1.807, 2.05) is 12.1 Å². The van der Waals surface area contributed by atoms with Gasteiger partial charge in [-0.25, -0.2) is 0 Å². The Kier molecular flexibility index (Phi) is 6.28. The van der Waals surface area contributed by atoms with Crippen LogP contribution in [0.25, 0.3) is 0 Å². The van der Waals surface area contributed by atoms with Gasteiger partial charge in [0.1, 0.15) is 5.75 Å². The van der Waals surface area contributed by atoms with Crippen LogP contribution in [-0.4, -0.2) is 38.9 Å². The van der Waals surface area contributed by atoms with Crippen LogP contribution < -0.4 is 5.19 Å². The van der Waals surface area contributed by atoms with Gasteiger partial charge in [-0.1, -0.05) is 12.1 Å². The largest absolute Gasteiger partial charge is 0.508 e. The third-order valence-corrected chi connectivity index (χ3v) is 16.2. The maximum atomic E-state index is 9.57. The van der Waals surface area contributed by atoms with Crippen molar-refractivity contribution < 1.29 is 17.5 Å². The lowest BCUT2D eigenvalue weighted by Gasteiger charge is -2.41. The molecular weight excluding hydrogens is 357 g/mol. The van der Waals surface area contributed by atoms with E-state index in [9.17, 15) is 5.11 Å². The van der Waals surface area contributed by atoms with Gasteiger partial charge >= 0.3 is 17.1 Å².